The Kier molecular flexibility index (Phi) is 4.91. The number of rotatable bonds is 6. The molecule has 4 nitrogen and oxygen atoms in total. The van der Waals surface area contributed by atoms with Crippen molar-refractivity contribution in [3.63, 3.8) is 0 Å². The van der Waals surface area contributed by atoms with Crippen molar-refractivity contribution < 1.29 is 8.42 Å². The average molecular weight is 262 g/mol. The third-order valence-electron chi connectivity index (χ3n) is 2.42. The van der Waals surface area contributed by atoms with Gasteiger partial charge in [-0.3, -0.25) is 0 Å². The fraction of sp³-hybridized carbons (Fsp3) is 0.600. The third-order valence-corrected chi connectivity index (χ3v) is 5.33. The second-order valence-electron chi connectivity index (χ2n) is 3.80. The van der Waals surface area contributed by atoms with E-state index in [1.807, 2.05) is 16.8 Å². The van der Waals surface area contributed by atoms with Gasteiger partial charge in [0.1, 0.15) is 0 Å². The molecule has 0 amide bonds. The standard InChI is InChI=1S/C10H18N2O2S2/c1-9(6-11-2)16(13,14)12(3)7-10-4-5-15-8-10/h4-5,8-9,11H,6-7H2,1-3H3. The molecule has 0 saturated carbocycles. The van der Waals surface area contributed by atoms with E-state index in [9.17, 15) is 8.42 Å². The summed E-state index contributed by atoms with van der Waals surface area (Å²) in [4.78, 5) is 0. The molecule has 0 aliphatic heterocycles. The molecule has 0 aromatic carbocycles. The molecule has 0 aliphatic carbocycles. The van der Waals surface area contributed by atoms with Crippen LogP contribution in [-0.4, -0.2) is 38.6 Å². The first-order valence-corrected chi connectivity index (χ1v) is 7.54. The predicted molar refractivity (Wildman–Crippen MR) is 68.1 cm³/mol. The lowest BCUT2D eigenvalue weighted by molar-refractivity contribution is 0.456. The minimum atomic E-state index is -3.20. The lowest BCUT2D eigenvalue weighted by atomic mass is 10.3. The molecule has 0 saturated heterocycles. The van der Waals surface area contributed by atoms with E-state index < -0.39 is 15.3 Å². The predicted octanol–water partition coefficient (Wildman–Crippen LogP) is 1.12. The fourth-order valence-corrected chi connectivity index (χ4v) is 3.41. The summed E-state index contributed by atoms with van der Waals surface area (Å²) in [6.45, 7) is 2.63. The number of nitrogens with one attached hydrogen (secondary N) is 1. The van der Waals surface area contributed by atoms with E-state index >= 15 is 0 Å². The Morgan fingerprint density at radius 3 is 2.75 bits per heavy atom. The minimum Gasteiger partial charge on any atom is -0.318 e. The molecule has 0 spiro atoms. The van der Waals surface area contributed by atoms with Crippen molar-refractivity contribution in [2.75, 3.05) is 20.6 Å². The molecule has 0 radical (unpaired) electrons. The van der Waals surface area contributed by atoms with E-state index in [0.717, 1.165) is 5.56 Å². The van der Waals surface area contributed by atoms with Crippen LogP contribution in [0.25, 0.3) is 0 Å². The minimum absolute atomic E-state index is 0.402. The Morgan fingerprint density at radius 1 is 1.56 bits per heavy atom. The van der Waals surface area contributed by atoms with Gasteiger partial charge in [-0.25, -0.2) is 12.7 Å². The Balaban J connectivity index is 2.69. The first-order chi connectivity index (χ1) is 7.48. The maximum absolute atomic E-state index is 12.0. The molecule has 1 atom stereocenters. The van der Waals surface area contributed by atoms with Crippen molar-refractivity contribution in [3.05, 3.63) is 22.4 Å². The van der Waals surface area contributed by atoms with Gasteiger partial charge in [-0.05, 0) is 36.4 Å². The van der Waals surface area contributed by atoms with Gasteiger partial charge in [-0.1, -0.05) is 0 Å². The molecule has 1 N–H and O–H groups in total. The van der Waals surface area contributed by atoms with Gasteiger partial charge in [0.25, 0.3) is 0 Å². The van der Waals surface area contributed by atoms with Crippen molar-refractivity contribution in [2.24, 2.45) is 0 Å². The van der Waals surface area contributed by atoms with Crippen LogP contribution in [0.4, 0.5) is 0 Å². The van der Waals surface area contributed by atoms with Crippen LogP contribution < -0.4 is 5.32 Å². The summed E-state index contributed by atoms with van der Waals surface area (Å²) < 4.78 is 25.5. The summed E-state index contributed by atoms with van der Waals surface area (Å²) in [5.74, 6) is 0. The Morgan fingerprint density at radius 2 is 2.25 bits per heavy atom. The van der Waals surface area contributed by atoms with Crippen molar-refractivity contribution in [3.8, 4) is 0 Å². The maximum Gasteiger partial charge on any atom is 0.218 e. The average Bonchev–Trinajstić information content (AvgIpc) is 2.70. The molecule has 0 aliphatic rings. The number of hydrogen-bond donors (Lipinski definition) is 1. The van der Waals surface area contributed by atoms with Crippen LogP contribution >= 0.6 is 11.3 Å². The highest BCUT2D eigenvalue weighted by atomic mass is 32.2. The lowest BCUT2D eigenvalue weighted by Crippen LogP contribution is -2.38. The first-order valence-electron chi connectivity index (χ1n) is 5.09. The zero-order chi connectivity index (χ0) is 12.2. The number of hydrogen-bond acceptors (Lipinski definition) is 4. The van der Waals surface area contributed by atoms with E-state index in [-0.39, 0.29) is 0 Å². The van der Waals surface area contributed by atoms with E-state index in [4.69, 9.17) is 0 Å². The van der Waals surface area contributed by atoms with Gasteiger partial charge in [0.05, 0.1) is 5.25 Å². The summed E-state index contributed by atoms with van der Waals surface area (Å²) >= 11 is 1.58. The Labute approximate surface area is 101 Å². The Hall–Kier alpha value is -0.430. The second kappa shape index (κ2) is 5.77. The third kappa shape index (κ3) is 3.28. The first kappa shape index (κ1) is 13.6. The maximum atomic E-state index is 12.0. The molecule has 1 unspecified atom stereocenters. The van der Waals surface area contributed by atoms with Crippen LogP contribution in [0.1, 0.15) is 12.5 Å². The smallest absolute Gasteiger partial charge is 0.218 e. The molecule has 1 rings (SSSR count). The molecule has 16 heavy (non-hydrogen) atoms. The van der Waals surface area contributed by atoms with Crippen LogP contribution in [0.15, 0.2) is 16.8 Å². The van der Waals surface area contributed by atoms with Crippen LogP contribution in [0.5, 0.6) is 0 Å². The molecule has 1 heterocycles. The van der Waals surface area contributed by atoms with E-state index in [1.165, 1.54) is 4.31 Å². The second-order valence-corrected chi connectivity index (χ2v) is 7.04. The van der Waals surface area contributed by atoms with E-state index in [2.05, 4.69) is 5.32 Å². The van der Waals surface area contributed by atoms with Crippen molar-refractivity contribution in [1.29, 1.82) is 0 Å². The highest BCUT2D eigenvalue weighted by molar-refractivity contribution is 7.89. The fourth-order valence-electron chi connectivity index (χ4n) is 1.43. The summed E-state index contributed by atoms with van der Waals surface area (Å²) in [5, 5.41) is 6.40. The van der Waals surface area contributed by atoms with Crippen LogP contribution in [-0.2, 0) is 16.6 Å². The van der Waals surface area contributed by atoms with Gasteiger partial charge >= 0.3 is 0 Å². The summed E-state index contributed by atoms with van der Waals surface area (Å²) in [6.07, 6.45) is 0. The normalized spacial score (nSPS) is 14.2. The lowest BCUT2D eigenvalue weighted by Gasteiger charge is -2.21. The zero-order valence-corrected chi connectivity index (χ0v) is 11.4. The van der Waals surface area contributed by atoms with Crippen LogP contribution in [0.3, 0.4) is 0 Å². The van der Waals surface area contributed by atoms with E-state index in [1.54, 1.807) is 32.4 Å². The van der Waals surface area contributed by atoms with Gasteiger partial charge in [-0.2, -0.15) is 11.3 Å². The van der Waals surface area contributed by atoms with Crippen LogP contribution in [0.2, 0.25) is 0 Å². The number of nitrogens with zero attached hydrogens (tertiary/aromatic N) is 1. The summed E-state index contributed by atoms with van der Waals surface area (Å²) in [5.41, 5.74) is 1.03. The van der Waals surface area contributed by atoms with Gasteiger partial charge in [0.15, 0.2) is 0 Å². The summed E-state index contributed by atoms with van der Waals surface area (Å²) in [6, 6.07) is 1.94. The van der Waals surface area contributed by atoms with Crippen molar-refractivity contribution in [2.45, 2.75) is 18.7 Å². The molecule has 0 fully saturated rings. The van der Waals surface area contributed by atoms with Crippen molar-refractivity contribution in [1.82, 2.24) is 9.62 Å². The molecule has 92 valence electrons. The molecule has 1 aromatic heterocycles. The quantitative estimate of drug-likeness (QED) is 0.836. The molecular formula is C10H18N2O2S2. The molecule has 6 heteroatoms. The van der Waals surface area contributed by atoms with Gasteiger partial charge < -0.3 is 5.32 Å². The van der Waals surface area contributed by atoms with Gasteiger partial charge in [-0.15, -0.1) is 0 Å². The monoisotopic (exact) mass is 262 g/mol. The SMILES string of the molecule is CNCC(C)S(=O)(=O)N(C)Cc1ccsc1. The van der Waals surface area contributed by atoms with Crippen molar-refractivity contribution >= 4 is 21.4 Å². The van der Waals surface area contributed by atoms with Gasteiger partial charge in [0.2, 0.25) is 10.0 Å². The summed E-state index contributed by atoms with van der Waals surface area (Å²) in [7, 11) is 0.177. The number of sulfonamides is 1. The number of thiophene rings is 1. The van der Waals surface area contributed by atoms with E-state index in [0.29, 0.717) is 13.1 Å². The molecule has 1 aromatic rings. The largest absolute Gasteiger partial charge is 0.318 e. The highest BCUT2D eigenvalue weighted by Crippen LogP contribution is 2.13. The topological polar surface area (TPSA) is 49.4 Å². The molecular weight excluding hydrogens is 244 g/mol. The molecule has 0 bridgehead atoms. The van der Waals surface area contributed by atoms with Crippen LogP contribution in [0, 0.1) is 0 Å². The van der Waals surface area contributed by atoms with Gasteiger partial charge in [0, 0.05) is 20.1 Å². The highest BCUT2D eigenvalue weighted by Gasteiger charge is 2.25. The zero-order valence-electron chi connectivity index (χ0n) is 9.80. The Bertz CT molecular complexity index is 400.